The molecule has 124 valence electrons. The number of halogens is 6. The molecule has 0 fully saturated rings. The molecule has 0 aliphatic heterocycles. The van der Waals surface area contributed by atoms with Crippen LogP contribution in [0.2, 0.25) is 0 Å². The third-order valence-electron chi connectivity index (χ3n) is 3.19. The summed E-state index contributed by atoms with van der Waals surface area (Å²) in [6.45, 7) is 0. The van der Waals surface area contributed by atoms with Gasteiger partial charge in [-0.3, -0.25) is 0 Å². The van der Waals surface area contributed by atoms with Crippen molar-refractivity contribution in [3.63, 3.8) is 0 Å². The summed E-state index contributed by atoms with van der Waals surface area (Å²) < 4.78 is 65.2. The zero-order chi connectivity index (χ0) is 17.1. The monoisotopic (exact) mass is 430 g/mol. The largest absolute Gasteiger partial charge is 0.398 e. The summed E-state index contributed by atoms with van der Waals surface area (Å²) >= 11 is 4.63. The Morgan fingerprint density at radius 1 is 1.04 bits per heavy atom. The maximum absolute atomic E-state index is 12.8. The van der Waals surface area contributed by atoms with Gasteiger partial charge in [-0.15, -0.1) is 11.3 Å². The molecule has 23 heavy (non-hydrogen) atoms. The van der Waals surface area contributed by atoms with Gasteiger partial charge in [-0.05, 0) is 39.7 Å². The fourth-order valence-electron chi connectivity index (χ4n) is 2.12. The Bertz CT molecular complexity index is 920. The van der Waals surface area contributed by atoms with Crippen LogP contribution in [0.15, 0.2) is 45.2 Å². The number of nitrogens with zero attached hydrogens (tertiary/aromatic N) is 1. The Hall–Kier alpha value is -1.39. The second-order valence-corrected chi connectivity index (χ2v) is 8.91. The standard InChI is InChI=1S/C13H8BrF5N2S2/c14-11-10(20)5-9(12-13(11)22-6-21-12)7-1-3-8(4-2-7)23(15,16,17,18)19/h1-6H,20H2. The first kappa shape index (κ1) is 16.5. The molecule has 0 atom stereocenters. The van der Waals surface area contributed by atoms with Crippen molar-refractivity contribution in [2.24, 2.45) is 0 Å². The molecule has 1 aromatic heterocycles. The van der Waals surface area contributed by atoms with Gasteiger partial charge in [0.05, 0.1) is 20.2 Å². The Morgan fingerprint density at radius 2 is 1.65 bits per heavy atom. The van der Waals surface area contributed by atoms with Crippen LogP contribution >= 0.6 is 37.5 Å². The summed E-state index contributed by atoms with van der Waals surface area (Å²) in [4.78, 5) is 2.24. The molecule has 0 bridgehead atoms. The average Bonchev–Trinajstić information content (AvgIpc) is 2.90. The number of fused-ring (bicyclic) bond motifs is 1. The third-order valence-corrected chi connectivity index (χ3v) is 6.31. The lowest BCUT2D eigenvalue weighted by Crippen LogP contribution is -2.05. The Kier molecular flexibility index (Phi) is 3.13. The quantitative estimate of drug-likeness (QED) is 0.352. The van der Waals surface area contributed by atoms with Crippen LogP contribution in [0.5, 0.6) is 0 Å². The first-order chi connectivity index (χ1) is 10.4. The molecule has 3 rings (SSSR count). The van der Waals surface area contributed by atoms with E-state index in [-0.39, 0.29) is 0 Å². The fourth-order valence-corrected chi connectivity index (χ4v) is 4.12. The molecule has 2 nitrogen and oxygen atoms in total. The van der Waals surface area contributed by atoms with Crippen molar-refractivity contribution in [1.82, 2.24) is 4.98 Å². The van der Waals surface area contributed by atoms with Crippen LogP contribution in [-0.2, 0) is 0 Å². The van der Waals surface area contributed by atoms with E-state index in [4.69, 9.17) is 5.73 Å². The molecule has 3 aromatic rings. The smallest absolute Gasteiger partial charge is 0.310 e. The lowest BCUT2D eigenvalue weighted by atomic mass is 10.0. The highest BCUT2D eigenvalue weighted by Crippen LogP contribution is 3.02. The predicted octanol–water partition coefficient (Wildman–Crippen LogP) is 6.97. The summed E-state index contributed by atoms with van der Waals surface area (Å²) in [5.74, 6) is 0. The molecule has 2 aromatic carbocycles. The van der Waals surface area contributed by atoms with Crippen LogP contribution in [0.25, 0.3) is 21.3 Å². The summed E-state index contributed by atoms with van der Waals surface area (Å²) in [7, 11) is -9.67. The Balaban J connectivity index is 2.19. The van der Waals surface area contributed by atoms with E-state index in [1.54, 1.807) is 11.6 Å². The van der Waals surface area contributed by atoms with Crippen LogP contribution in [0, 0.1) is 0 Å². The van der Waals surface area contributed by atoms with Crippen molar-refractivity contribution in [2.75, 3.05) is 5.73 Å². The molecule has 0 spiro atoms. The average molecular weight is 431 g/mol. The molecule has 0 aliphatic carbocycles. The second-order valence-electron chi connectivity index (χ2n) is 4.85. The molecule has 0 unspecified atom stereocenters. The first-order valence-electron chi connectivity index (χ1n) is 6.02. The molecule has 0 radical (unpaired) electrons. The van der Waals surface area contributed by atoms with Gasteiger partial charge in [0.1, 0.15) is 4.90 Å². The third kappa shape index (κ3) is 3.02. The second kappa shape index (κ2) is 4.37. The number of hydrogen-bond acceptors (Lipinski definition) is 3. The summed E-state index contributed by atoms with van der Waals surface area (Å²) in [6.07, 6.45) is 0. The highest BCUT2D eigenvalue weighted by Gasteiger charge is 2.65. The van der Waals surface area contributed by atoms with Gasteiger partial charge in [-0.2, -0.15) is 0 Å². The van der Waals surface area contributed by atoms with Gasteiger partial charge in [0.2, 0.25) is 0 Å². The molecular weight excluding hydrogens is 423 g/mol. The lowest BCUT2D eigenvalue weighted by molar-refractivity contribution is 0.364. The first-order valence-corrected chi connectivity index (χ1v) is 9.65. The number of benzene rings is 2. The van der Waals surface area contributed by atoms with Gasteiger partial charge in [0.15, 0.2) is 0 Å². The summed E-state index contributed by atoms with van der Waals surface area (Å²) in [5.41, 5.74) is 9.16. The maximum atomic E-state index is 12.8. The van der Waals surface area contributed by atoms with E-state index < -0.39 is 15.1 Å². The van der Waals surface area contributed by atoms with Crippen molar-refractivity contribution in [2.45, 2.75) is 4.90 Å². The van der Waals surface area contributed by atoms with Crippen LogP contribution in [0.3, 0.4) is 0 Å². The van der Waals surface area contributed by atoms with Crippen molar-refractivity contribution in [3.05, 3.63) is 40.3 Å². The molecule has 0 saturated heterocycles. The van der Waals surface area contributed by atoms with Crippen molar-refractivity contribution < 1.29 is 19.4 Å². The normalized spacial score (nSPS) is 15.4. The van der Waals surface area contributed by atoms with Crippen molar-refractivity contribution in [1.29, 1.82) is 0 Å². The SMILES string of the molecule is Nc1cc(-c2ccc(S(F)(F)(F)(F)F)cc2)c2ncsc2c1Br. The van der Waals surface area contributed by atoms with Crippen molar-refractivity contribution >= 4 is 53.4 Å². The van der Waals surface area contributed by atoms with Gasteiger partial charge in [0.25, 0.3) is 0 Å². The zero-order valence-electron chi connectivity index (χ0n) is 11.1. The van der Waals surface area contributed by atoms with E-state index in [0.29, 0.717) is 38.9 Å². The van der Waals surface area contributed by atoms with E-state index in [9.17, 15) is 19.4 Å². The van der Waals surface area contributed by atoms with Crippen LogP contribution < -0.4 is 5.73 Å². The summed E-state index contributed by atoms with van der Waals surface area (Å²) in [5, 5.41) is 0. The maximum Gasteiger partial charge on any atom is 0.310 e. The Labute approximate surface area is 140 Å². The number of thiazole rings is 1. The molecule has 0 aliphatic rings. The molecule has 1 heterocycles. The van der Waals surface area contributed by atoms with E-state index in [0.717, 1.165) is 16.8 Å². The summed E-state index contributed by atoms with van der Waals surface area (Å²) in [6, 6.07) is 4.30. The predicted molar refractivity (Wildman–Crippen MR) is 88.6 cm³/mol. The van der Waals surface area contributed by atoms with Gasteiger partial charge in [-0.1, -0.05) is 31.6 Å². The topological polar surface area (TPSA) is 38.9 Å². The van der Waals surface area contributed by atoms with E-state index in [2.05, 4.69) is 20.9 Å². The van der Waals surface area contributed by atoms with Gasteiger partial charge in [0, 0.05) is 11.3 Å². The molecule has 2 N–H and O–H groups in total. The van der Waals surface area contributed by atoms with E-state index >= 15 is 0 Å². The number of aromatic nitrogens is 1. The number of nitrogen functional groups attached to an aromatic ring is 1. The number of rotatable bonds is 2. The minimum Gasteiger partial charge on any atom is -0.398 e. The number of anilines is 1. The van der Waals surface area contributed by atoms with Gasteiger partial charge < -0.3 is 5.73 Å². The highest BCUT2D eigenvalue weighted by molar-refractivity contribution is 9.10. The highest BCUT2D eigenvalue weighted by atomic mass is 79.9. The Morgan fingerprint density at radius 3 is 2.22 bits per heavy atom. The molecule has 10 heteroatoms. The van der Waals surface area contributed by atoms with Gasteiger partial charge >= 0.3 is 10.2 Å². The van der Waals surface area contributed by atoms with Crippen LogP contribution in [0.1, 0.15) is 0 Å². The van der Waals surface area contributed by atoms with Gasteiger partial charge in [-0.25, -0.2) is 4.98 Å². The fraction of sp³-hybridized carbons (Fsp3) is 0. The molecular formula is C13H8BrF5N2S2. The zero-order valence-corrected chi connectivity index (χ0v) is 14.3. The number of nitrogens with two attached hydrogens (primary N) is 1. The van der Waals surface area contributed by atoms with E-state index in [1.165, 1.54) is 11.3 Å². The van der Waals surface area contributed by atoms with Crippen LogP contribution in [0.4, 0.5) is 25.1 Å². The lowest BCUT2D eigenvalue weighted by Gasteiger charge is -2.40. The van der Waals surface area contributed by atoms with Crippen LogP contribution in [-0.4, -0.2) is 4.98 Å². The minimum atomic E-state index is -9.67. The minimum absolute atomic E-state index is 0.325. The van der Waals surface area contributed by atoms with E-state index in [1.807, 2.05) is 0 Å². The molecule has 0 amide bonds. The molecule has 0 saturated carbocycles. The number of hydrogen-bond donors (Lipinski definition) is 1. The van der Waals surface area contributed by atoms with Crippen molar-refractivity contribution in [3.8, 4) is 11.1 Å².